The van der Waals surface area contributed by atoms with Crippen LogP contribution in [0.15, 0.2) is 0 Å². The molecule has 2 amide bonds. The number of unbranched alkanes of at least 4 members (excludes halogenated alkanes) is 4. The second kappa shape index (κ2) is 8.90. The molecule has 5 nitrogen and oxygen atoms in total. The van der Waals surface area contributed by atoms with E-state index >= 15 is 0 Å². The van der Waals surface area contributed by atoms with E-state index in [0.717, 1.165) is 25.7 Å². The van der Waals surface area contributed by atoms with Crippen LogP contribution in [0.25, 0.3) is 0 Å². The average Bonchev–Trinajstić information content (AvgIpc) is 2.45. The molecule has 0 spiro atoms. The highest BCUT2D eigenvalue weighted by Gasteiger charge is 2.42. The number of hydrogen-bond acceptors (Lipinski definition) is 2. The van der Waals surface area contributed by atoms with Crippen molar-refractivity contribution >= 4 is 12.0 Å². The van der Waals surface area contributed by atoms with Gasteiger partial charge in [0.05, 0.1) is 0 Å². The summed E-state index contributed by atoms with van der Waals surface area (Å²) in [5, 5.41) is 14.9. The van der Waals surface area contributed by atoms with Crippen molar-refractivity contribution in [1.29, 1.82) is 0 Å². The van der Waals surface area contributed by atoms with E-state index in [1.165, 1.54) is 19.3 Å². The Morgan fingerprint density at radius 3 is 2.33 bits per heavy atom. The Balaban J connectivity index is 2.31. The second-order valence-corrected chi connectivity index (χ2v) is 6.36. The summed E-state index contributed by atoms with van der Waals surface area (Å²) in [4.78, 5) is 23.4. The number of carbonyl (C=O) groups is 2. The zero-order valence-electron chi connectivity index (χ0n) is 13.4. The molecule has 3 N–H and O–H groups in total. The Labute approximate surface area is 127 Å². The highest BCUT2D eigenvalue weighted by Crippen LogP contribution is 2.32. The number of carboxylic acid groups (broad SMARTS) is 1. The third-order valence-corrected chi connectivity index (χ3v) is 4.46. The standard InChI is InChI=1S/C16H30N2O3/c1-3-4-5-6-7-12-17-15(21)18-16(14(19)20)10-8-13(2)9-11-16/h13H,3-12H2,1-2H3,(H,19,20)(H2,17,18,21). The molecule has 0 unspecified atom stereocenters. The number of carbonyl (C=O) groups excluding carboxylic acids is 1. The van der Waals surface area contributed by atoms with Gasteiger partial charge in [-0.15, -0.1) is 0 Å². The SMILES string of the molecule is CCCCCCCNC(=O)NC1(C(=O)O)CCC(C)CC1. The van der Waals surface area contributed by atoms with Crippen molar-refractivity contribution in [1.82, 2.24) is 10.6 Å². The van der Waals surface area contributed by atoms with Crippen LogP contribution in [0, 0.1) is 5.92 Å². The van der Waals surface area contributed by atoms with E-state index in [0.29, 0.717) is 25.3 Å². The summed E-state index contributed by atoms with van der Waals surface area (Å²) in [6.45, 7) is 4.91. The Morgan fingerprint density at radius 2 is 1.76 bits per heavy atom. The van der Waals surface area contributed by atoms with Gasteiger partial charge in [-0.3, -0.25) is 0 Å². The first-order valence-electron chi connectivity index (χ1n) is 8.29. The molecule has 122 valence electrons. The van der Waals surface area contributed by atoms with Gasteiger partial charge >= 0.3 is 12.0 Å². The first-order chi connectivity index (χ1) is 10.00. The Kier molecular flexibility index (Phi) is 7.54. The normalized spacial score (nSPS) is 25.3. The number of urea groups is 1. The topological polar surface area (TPSA) is 78.4 Å². The van der Waals surface area contributed by atoms with Crippen LogP contribution in [-0.4, -0.2) is 29.2 Å². The van der Waals surface area contributed by atoms with Gasteiger partial charge in [0.1, 0.15) is 5.54 Å². The molecule has 0 aromatic heterocycles. The number of hydrogen-bond donors (Lipinski definition) is 3. The van der Waals surface area contributed by atoms with Crippen molar-refractivity contribution in [3.05, 3.63) is 0 Å². The Bertz CT molecular complexity index is 336. The lowest BCUT2D eigenvalue weighted by molar-refractivity contribution is -0.146. The van der Waals surface area contributed by atoms with Crippen molar-refractivity contribution in [2.45, 2.75) is 77.2 Å². The maximum absolute atomic E-state index is 11.9. The molecular formula is C16H30N2O3. The van der Waals surface area contributed by atoms with Crippen molar-refractivity contribution < 1.29 is 14.7 Å². The highest BCUT2D eigenvalue weighted by atomic mass is 16.4. The van der Waals surface area contributed by atoms with Gasteiger partial charge in [-0.1, -0.05) is 39.5 Å². The molecule has 0 aromatic rings. The summed E-state index contributed by atoms with van der Waals surface area (Å²) >= 11 is 0. The monoisotopic (exact) mass is 298 g/mol. The molecule has 0 aliphatic heterocycles. The van der Waals surface area contributed by atoms with E-state index in [1.807, 2.05) is 0 Å². The quantitative estimate of drug-likeness (QED) is 0.602. The van der Waals surface area contributed by atoms with E-state index in [2.05, 4.69) is 24.5 Å². The van der Waals surface area contributed by atoms with E-state index in [4.69, 9.17) is 0 Å². The van der Waals surface area contributed by atoms with Crippen LogP contribution in [-0.2, 0) is 4.79 Å². The zero-order chi connectivity index (χ0) is 15.7. The van der Waals surface area contributed by atoms with Crippen molar-refractivity contribution in [2.24, 2.45) is 5.92 Å². The van der Waals surface area contributed by atoms with Crippen LogP contribution in [0.4, 0.5) is 4.79 Å². The van der Waals surface area contributed by atoms with Crippen LogP contribution < -0.4 is 10.6 Å². The first-order valence-corrected chi connectivity index (χ1v) is 8.29. The summed E-state index contributed by atoms with van der Waals surface area (Å²) in [6.07, 6.45) is 8.42. The van der Waals surface area contributed by atoms with Crippen LogP contribution in [0.2, 0.25) is 0 Å². The number of aliphatic carboxylic acids is 1. The molecular weight excluding hydrogens is 268 g/mol. The Hall–Kier alpha value is -1.26. The second-order valence-electron chi connectivity index (χ2n) is 6.36. The maximum atomic E-state index is 11.9. The van der Waals surface area contributed by atoms with Gasteiger partial charge < -0.3 is 15.7 Å². The Morgan fingerprint density at radius 1 is 1.14 bits per heavy atom. The minimum Gasteiger partial charge on any atom is -0.480 e. The highest BCUT2D eigenvalue weighted by molar-refractivity contribution is 5.86. The van der Waals surface area contributed by atoms with Gasteiger partial charge in [-0.05, 0) is 38.0 Å². The lowest BCUT2D eigenvalue weighted by atomic mass is 9.77. The van der Waals surface area contributed by atoms with Crippen LogP contribution in [0.5, 0.6) is 0 Å². The largest absolute Gasteiger partial charge is 0.480 e. The van der Waals surface area contributed by atoms with E-state index in [-0.39, 0.29) is 6.03 Å². The molecule has 0 bridgehead atoms. The number of nitrogens with one attached hydrogen (secondary N) is 2. The first kappa shape index (κ1) is 17.8. The molecule has 0 radical (unpaired) electrons. The molecule has 1 saturated carbocycles. The molecule has 0 atom stereocenters. The molecule has 1 fully saturated rings. The van der Waals surface area contributed by atoms with Crippen molar-refractivity contribution in [2.75, 3.05) is 6.54 Å². The lowest BCUT2D eigenvalue weighted by Gasteiger charge is -2.36. The van der Waals surface area contributed by atoms with E-state index < -0.39 is 11.5 Å². The summed E-state index contributed by atoms with van der Waals surface area (Å²) in [6, 6.07) is -0.345. The average molecular weight is 298 g/mol. The predicted octanol–water partition coefficient (Wildman–Crippen LogP) is 3.29. The fourth-order valence-electron chi connectivity index (χ4n) is 2.84. The van der Waals surface area contributed by atoms with Crippen LogP contribution in [0.3, 0.4) is 0 Å². The van der Waals surface area contributed by atoms with Crippen LogP contribution in [0.1, 0.15) is 71.6 Å². The van der Waals surface area contributed by atoms with Gasteiger partial charge in [-0.25, -0.2) is 9.59 Å². The molecule has 1 rings (SSSR count). The van der Waals surface area contributed by atoms with Gasteiger partial charge in [0.15, 0.2) is 0 Å². The molecule has 21 heavy (non-hydrogen) atoms. The minimum atomic E-state index is -1.07. The minimum absolute atomic E-state index is 0.345. The fourth-order valence-corrected chi connectivity index (χ4v) is 2.84. The number of amides is 2. The van der Waals surface area contributed by atoms with Gasteiger partial charge in [0.25, 0.3) is 0 Å². The third kappa shape index (κ3) is 5.94. The zero-order valence-corrected chi connectivity index (χ0v) is 13.4. The van der Waals surface area contributed by atoms with Crippen molar-refractivity contribution in [3.63, 3.8) is 0 Å². The molecule has 0 saturated heterocycles. The molecule has 1 aliphatic carbocycles. The number of rotatable bonds is 8. The fraction of sp³-hybridized carbons (Fsp3) is 0.875. The lowest BCUT2D eigenvalue weighted by Crippen LogP contribution is -2.58. The predicted molar refractivity (Wildman–Crippen MR) is 83.3 cm³/mol. The third-order valence-electron chi connectivity index (χ3n) is 4.46. The van der Waals surface area contributed by atoms with Gasteiger partial charge in [0.2, 0.25) is 0 Å². The summed E-state index contributed by atoms with van der Waals surface area (Å²) < 4.78 is 0. The van der Waals surface area contributed by atoms with E-state index in [1.54, 1.807) is 0 Å². The molecule has 1 aliphatic rings. The summed E-state index contributed by atoms with van der Waals surface area (Å²) in [7, 11) is 0. The maximum Gasteiger partial charge on any atom is 0.329 e. The van der Waals surface area contributed by atoms with Crippen molar-refractivity contribution in [3.8, 4) is 0 Å². The van der Waals surface area contributed by atoms with Crippen LogP contribution >= 0.6 is 0 Å². The summed E-state index contributed by atoms with van der Waals surface area (Å²) in [5.74, 6) is -0.367. The number of carboxylic acids is 1. The van der Waals surface area contributed by atoms with Gasteiger partial charge in [-0.2, -0.15) is 0 Å². The van der Waals surface area contributed by atoms with Gasteiger partial charge in [0, 0.05) is 6.54 Å². The molecule has 5 heteroatoms. The molecule has 0 heterocycles. The summed E-state index contributed by atoms with van der Waals surface area (Å²) in [5.41, 5.74) is -1.07. The molecule has 0 aromatic carbocycles. The smallest absolute Gasteiger partial charge is 0.329 e. The van der Waals surface area contributed by atoms with E-state index in [9.17, 15) is 14.7 Å².